The van der Waals surface area contributed by atoms with Crippen LogP contribution >= 0.6 is 0 Å². The summed E-state index contributed by atoms with van der Waals surface area (Å²) in [6.45, 7) is 2.48. The average Bonchev–Trinajstić information content (AvgIpc) is 3.48. The van der Waals surface area contributed by atoms with Gasteiger partial charge in [-0.3, -0.25) is 0 Å². The smallest absolute Gasteiger partial charge is 1.00 e. The third-order valence-electron chi connectivity index (χ3n) is 10.8. The van der Waals surface area contributed by atoms with E-state index in [-0.39, 0.29) is 24.8 Å². The van der Waals surface area contributed by atoms with Gasteiger partial charge in [-0.15, -0.1) is 0 Å². The summed E-state index contributed by atoms with van der Waals surface area (Å²) in [6.07, 6.45) is 14.0. The van der Waals surface area contributed by atoms with Crippen LogP contribution in [0.25, 0.3) is 11.1 Å². The largest absolute Gasteiger partial charge is 1.00 e. The van der Waals surface area contributed by atoms with E-state index in [0.29, 0.717) is 9.04 Å². The molecular formula is C37H38Cl2Zr. The second kappa shape index (κ2) is 11.3. The third-order valence-corrected chi connectivity index (χ3v) is 18.2. The van der Waals surface area contributed by atoms with Crippen molar-refractivity contribution < 1.29 is 46.1 Å². The topological polar surface area (TPSA) is 0 Å². The minimum absolute atomic E-state index is 0. The van der Waals surface area contributed by atoms with Gasteiger partial charge in [0.15, 0.2) is 0 Å². The number of hydrogen-bond acceptors (Lipinski definition) is 0. The molecule has 0 spiro atoms. The predicted octanol–water partition coefficient (Wildman–Crippen LogP) is 3.25. The molecule has 0 N–H and O–H groups in total. The molecule has 204 valence electrons. The van der Waals surface area contributed by atoms with Gasteiger partial charge in [0, 0.05) is 0 Å². The van der Waals surface area contributed by atoms with E-state index in [0.717, 1.165) is 24.2 Å². The van der Waals surface area contributed by atoms with E-state index in [4.69, 9.17) is 0 Å². The molecule has 0 amide bonds. The summed E-state index contributed by atoms with van der Waals surface area (Å²) >= 11 is -2.31. The van der Waals surface area contributed by atoms with Crippen molar-refractivity contribution in [1.29, 1.82) is 0 Å². The molecule has 9 rings (SSSR count). The zero-order valence-electron chi connectivity index (χ0n) is 23.4. The fraction of sp³-hybridized carbons (Fsp3) is 0.378. The van der Waals surface area contributed by atoms with Crippen LogP contribution in [0, 0.1) is 23.2 Å². The average molecular weight is 645 g/mol. The molecule has 4 bridgehead atoms. The number of fused-ring (bicyclic) bond motifs is 3. The first-order valence-corrected chi connectivity index (χ1v) is 19.1. The Morgan fingerprint density at radius 1 is 0.725 bits per heavy atom. The van der Waals surface area contributed by atoms with E-state index in [1.807, 2.05) is 8.85 Å². The van der Waals surface area contributed by atoms with Gasteiger partial charge in [-0.05, 0) is 0 Å². The molecule has 0 atom stereocenters. The van der Waals surface area contributed by atoms with Gasteiger partial charge >= 0.3 is 237 Å². The van der Waals surface area contributed by atoms with Gasteiger partial charge in [0.1, 0.15) is 0 Å². The van der Waals surface area contributed by atoms with Crippen molar-refractivity contribution in [1.82, 2.24) is 0 Å². The molecule has 0 unspecified atom stereocenters. The van der Waals surface area contributed by atoms with Crippen molar-refractivity contribution >= 4 is 3.71 Å². The molecule has 0 heterocycles. The zero-order valence-corrected chi connectivity index (χ0v) is 27.4. The third kappa shape index (κ3) is 4.64. The number of halogens is 2. The van der Waals surface area contributed by atoms with Crippen LogP contribution in [0.15, 0.2) is 99.4 Å². The minimum Gasteiger partial charge on any atom is -1.00 e. The van der Waals surface area contributed by atoms with Gasteiger partial charge in [-0.1, -0.05) is 0 Å². The van der Waals surface area contributed by atoms with E-state index < -0.39 is 21.3 Å². The predicted molar refractivity (Wildman–Crippen MR) is 156 cm³/mol. The zero-order chi connectivity index (χ0) is 25.3. The summed E-state index contributed by atoms with van der Waals surface area (Å²) in [6, 6.07) is 30.1. The van der Waals surface area contributed by atoms with Crippen LogP contribution in [-0.2, 0) is 27.7 Å². The van der Waals surface area contributed by atoms with E-state index in [9.17, 15) is 0 Å². The second-order valence-corrected chi connectivity index (χ2v) is 19.2. The number of rotatable bonds is 5. The summed E-state index contributed by atoms with van der Waals surface area (Å²) in [5.74, 6) is 2.99. The van der Waals surface area contributed by atoms with E-state index in [2.05, 4.69) is 95.6 Å². The van der Waals surface area contributed by atoms with Gasteiger partial charge in [0.2, 0.25) is 0 Å². The van der Waals surface area contributed by atoms with E-state index in [1.165, 1.54) is 61.6 Å². The number of hydrogen-bond donors (Lipinski definition) is 0. The maximum atomic E-state index is 2.91. The Morgan fingerprint density at radius 3 is 1.82 bits per heavy atom. The van der Waals surface area contributed by atoms with Crippen molar-refractivity contribution in [3.05, 3.63) is 116 Å². The second-order valence-electron chi connectivity index (χ2n) is 13.1. The van der Waals surface area contributed by atoms with E-state index >= 15 is 0 Å². The molecule has 4 fully saturated rings. The van der Waals surface area contributed by atoms with Gasteiger partial charge in [0.25, 0.3) is 0 Å². The summed E-state index contributed by atoms with van der Waals surface area (Å²) in [5.41, 5.74) is 11.8. The molecule has 3 aromatic rings. The summed E-state index contributed by atoms with van der Waals surface area (Å²) in [4.78, 5) is 0. The Bertz CT molecular complexity index is 1430. The molecule has 6 aliphatic rings. The summed E-state index contributed by atoms with van der Waals surface area (Å²) in [5, 5.41) is 0. The van der Waals surface area contributed by atoms with Gasteiger partial charge < -0.3 is 24.8 Å². The van der Waals surface area contributed by atoms with Crippen molar-refractivity contribution in [2.75, 3.05) is 0 Å². The summed E-state index contributed by atoms with van der Waals surface area (Å²) < 4.78 is 5.47. The molecular weight excluding hydrogens is 607 g/mol. The van der Waals surface area contributed by atoms with Crippen LogP contribution < -0.4 is 24.8 Å². The molecule has 0 aliphatic heterocycles. The SMILES string of the molecule is CC1=CC[C](/[Zr+2](=[CH]/Cc2ccccc2)[CH]2c3ccccc3-c3ccccc32)=C1C12CC3CC(CC(C3)C1)C2.[Cl-].[Cl-]. The molecule has 3 aromatic carbocycles. The Kier molecular flexibility index (Phi) is 8.06. The van der Waals surface area contributed by atoms with Crippen LogP contribution in [0.1, 0.15) is 72.2 Å². The molecule has 3 heteroatoms. The Labute approximate surface area is 260 Å². The molecule has 40 heavy (non-hydrogen) atoms. The Morgan fingerprint density at radius 2 is 1.25 bits per heavy atom. The maximum Gasteiger partial charge on any atom is -1.00 e. The van der Waals surface area contributed by atoms with Crippen LogP contribution in [0.3, 0.4) is 0 Å². The van der Waals surface area contributed by atoms with Crippen molar-refractivity contribution in [3.63, 3.8) is 0 Å². The molecule has 4 saturated carbocycles. The first-order valence-electron chi connectivity index (χ1n) is 15.0. The maximum absolute atomic E-state index is 2.91. The van der Waals surface area contributed by atoms with Crippen molar-refractivity contribution in [2.24, 2.45) is 23.2 Å². The monoisotopic (exact) mass is 642 g/mol. The fourth-order valence-electron chi connectivity index (χ4n) is 9.86. The van der Waals surface area contributed by atoms with E-state index in [1.54, 1.807) is 16.7 Å². The normalized spacial score (nSPS) is 27.6. The molecule has 0 aromatic heterocycles. The minimum atomic E-state index is -2.31. The van der Waals surface area contributed by atoms with Gasteiger partial charge in [0.05, 0.1) is 0 Å². The van der Waals surface area contributed by atoms with Crippen LogP contribution in [0.4, 0.5) is 0 Å². The Hall–Kier alpha value is -1.53. The van der Waals surface area contributed by atoms with Crippen LogP contribution in [-0.4, -0.2) is 3.71 Å². The standard InChI is InChI=1S/C16H21.C13H9.C8H8.2ClH.Zr/c1-11-3-2-4-15(11)16-8-12-5-13(9-16)7-14(6-12)10-16;1-3-7-12-10(5-1)9-11-6-2-4-8-13(11)12;1-2-8-6-4-3-5-7-8;;;/h3,12-14H,2,5-10H2,1H3;1-9H;1,3-7H,2H2;2*1H;/q;;;;;+2/p-2. The van der Waals surface area contributed by atoms with Crippen molar-refractivity contribution in [3.8, 4) is 11.1 Å². The first-order chi connectivity index (χ1) is 18.7. The first kappa shape index (κ1) is 28.6. The number of allylic oxidation sites excluding steroid dienone is 4. The van der Waals surface area contributed by atoms with Gasteiger partial charge in [-0.25, -0.2) is 0 Å². The molecule has 0 radical (unpaired) electrons. The number of benzene rings is 3. The molecule has 0 nitrogen and oxygen atoms in total. The quantitative estimate of drug-likeness (QED) is 0.401. The summed E-state index contributed by atoms with van der Waals surface area (Å²) in [7, 11) is 0. The molecule has 0 saturated heterocycles. The van der Waals surface area contributed by atoms with Crippen LogP contribution in [0.5, 0.6) is 0 Å². The Balaban J connectivity index is 0.00000145. The van der Waals surface area contributed by atoms with Crippen molar-refractivity contribution in [2.45, 2.75) is 61.9 Å². The molecule has 6 aliphatic carbocycles. The fourth-order valence-corrected chi connectivity index (χ4v) is 18.6. The van der Waals surface area contributed by atoms with Gasteiger partial charge in [-0.2, -0.15) is 0 Å². The van der Waals surface area contributed by atoms with Crippen LogP contribution in [0.2, 0.25) is 0 Å².